The number of hydrogen-bond donors (Lipinski definition) is 2. The fraction of sp³-hybridized carbons (Fsp3) is 0.444. The Morgan fingerprint density at radius 2 is 1.62 bits per heavy atom. The molecule has 1 aliphatic carbocycles. The van der Waals surface area contributed by atoms with Crippen molar-refractivity contribution >= 4 is 17.7 Å². The fourth-order valence-electron chi connectivity index (χ4n) is 6.28. The zero-order valence-corrected chi connectivity index (χ0v) is 32.5. The largest absolute Gasteiger partial charge is 0.356 e. The molecule has 1 atom stereocenters. The summed E-state index contributed by atoms with van der Waals surface area (Å²) in [6.07, 6.45) is 14.4. The van der Waals surface area contributed by atoms with Gasteiger partial charge in [0.15, 0.2) is 0 Å². The second-order valence-electron chi connectivity index (χ2n) is 12.6. The van der Waals surface area contributed by atoms with E-state index in [2.05, 4.69) is 72.9 Å². The number of rotatable bonds is 12. The number of carbonyl (C=O) groups excluding carboxylic acids is 1. The van der Waals surface area contributed by atoms with Gasteiger partial charge in [-0.25, -0.2) is 4.39 Å². The van der Waals surface area contributed by atoms with Gasteiger partial charge in [-0.1, -0.05) is 102 Å². The summed E-state index contributed by atoms with van der Waals surface area (Å²) in [5.74, 6) is -0.292. The summed E-state index contributed by atoms with van der Waals surface area (Å²) in [5.41, 5.74) is 8.47. The lowest BCUT2D eigenvalue weighted by Crippen LogP contribution is -2.27. The third-order valence-corrected chi connectivity index (χ3v) is 8.96. The fourth-order valence-corrected chi connectivity index (χ4v) is 6.28. The van der Waals surface area contributed by atoms with Crippen LogP contribution in [0.15, 0.2) is 97.6 Å². The van der Waals surface area contributed by atoms with E-state index < -0.39 is 0 Å². The maximum atomic E-state index is 13.2. The number of anilines is 1. The molecule has 1 saturated heterocycles. The molecule has 0 spiro atoms. The summed E-state index contributed by atoms with van der Waals surface area (Å²) in [5, 5.41) is 6.25. The molecule has 1 unspecified atom stereocenters. The van der Waals surface area contributed by atoms with E-state index in [0.29, 0.717) is 16.7 Å². The van der Waals surface area contributed by atoms with E-state index in [4.69, 9.17) is 0 Å². The molecule has 1 aliphatic heterocycles. The second kappa shape index (κ2) is 25.2. The van der Waals surface area contributed by atoms with Crippen molar-refractivity contribution in [3.63, 3.8) is 0 Å². The molecular formula is C45H66FN3O. The first kappa shape index (κ1) is 44.2. The lowest BCUT2D eigenvalue weighted by molar-refractivity contribution is 0.112. The van der Waals surface area contributed by atoms with Crippen LogP contribution in [0.5, 0.6) is 0 Å². The van der Waals surface area contributed by atoms with Gasteiger partial charge in [0.05, 0.1) is 0 Å². The Kier molecular flexibility index (Phi) is 22.3. The second-order valence-corrected chi connectivity index (χ2v) is 12.6. The van der Waals surface area contributed by atoms with Crippen LogP contribution in [0.1, 0.15) is 106 Å². The number of benzene rings is 3. The van der Waals surface area contributed by atoms with Crippen molar-refractivity contribution in [3.8, 4) is 0 Å². The highest BCUT2D eigenvalue weighted by atomic mass is 19.1. The molecule has 50 heavy (non-hydrogen) atoms. The van der Waals surface area contributed by atoms with Gasteiger partial charge < -0.3 is 15.5 Å². The van der Waals surface area contributed by atoms with Crippen molar-refractivity contribution in [3.05, 3.63) is 131 Å². The molecule has 0 aromatic heterocycles. The molecule has 0 amide bonds. The topological polar surface area (TPSA) is 44.4 Å². The first-order chi connectivity index (χ1) is 24.2. The SMILES string of the molecule is C=C(Nc1ccc(C=O)cc1)c1cc(F)ccc1C.C=CC1=CC(CCC)(Cc2ccccc2C)CC1.CC.CC.CNCCN1CCCC1. The minimum atomic E-state index is -0.292. The Morgan fingerprint density at radius 3 is 2.18 bits per heavy atom. The van der Waals surface area contributed by atoms with Crippen LogP contribution in [0.4, 0.5) is 10.1 Å². The van der Waals surface area contributed by atoms with E-state index >= 15 is 0 Å². The summed E-state index contributed by atoms with van der Waals surface area (Å²) in [6.45, 7) is 27.3. The highest BCUT2D eigenvalue weighted by molar-refractivity contribution is 5.79. The van der Waals surface area contributed by atoms with Crippen LogP contribution in [-0.4, -0.2) is 44.4 Å². The molecule has 5 rings (SSSR count). The third kappa shape index (κ3) is 15.4. The predicted molar refractivity (Wildman–Crippen MR) is 218 cm³/mol. The molecule has 274 valence electrons. The molecule has 1 fully saturated rings. The number of aldehydes is 1. The van der Waals surface area contributed by atoms with Crippen molar-refractivity contribution in [1.82, 2.24) is 10.2 Å². The Labute approximate surface area is 305 Å². The van der Waals surface area contributed by atoms with Gasteiger partial charge in [-0.15, -0.1) is 0 Å². The minimum absolute atomic E-state index is 0.292. The molecule has 1 heterocycles. The van der Waals surface area contributed by atoms with E-state index in [-0.39, 0.29) is 5.82 Å². The number of aryl methyl sites for hydroxylation is 2. The number of halogens is 1. The van der Waals surface area contributed by atoms with Crippen LogP contribution in [0.2, 0.25) is 0 Å². The molecule has 5 heteroatoms. The normalized spacial score (nSPS) is 16.1. The molecule has 3 aromatic rings. The van der Waals surface area contributed by atoms with Crippen LogP contribution < -0.4 is 10.6 Å². The van der Waals surface area contributed by atoms with Crippen molar-refractivity contribution in [1.29, 1.82) is 0 Å². The Hall–Kier alpha value is -3.80. The Bertz CT molecular complexity index is 1440. The quantitative estimate of drug-likeness (QED) is 0.187. The maximum absolute atomic E-state index is 13.2. The summed E-state index contributed by atoms with van der Waals surface area (Å²) < 4.78 is 13.2. The minimum Gasteiger partial charge on any atom is -0.356 e. The summed E-state index contributed by atoms with van der Waals surface area (Å²) in [7, 11) is 2.01. The lowest BCUT2D eigenvalue weighted by Gasteiger charge is -2.28. The summed E-state index contributed by atoms with van der Waals surface area (Å²) >= 11 is 0. The molecule has 2 N–H and O–H groups in total. The molecule has 0 radical (unpaired) electrons. The highest BCUT2D eigenvalue weighted by Gasteiger charge is 2.31. The zero-order chi connectivity index (χ0) is 37.4. The van der Waals surface area contributed by atoms with Gasteiger partial charge in [0.25, 0.3) is 0 Å². The molecule has 0 bridgehead atoms. The van der Waals surface area contributed by atoms with Gasteiger partial charge >= 0.3 is 0 Å². The van der Waals surface area contributed by atoms with E-state index in [9.17, 15) is 9.18 Å². The monoisotopic (exact) mass is 684 g/mol. The van der Waals surface area contributed by atoms with Crippen molar-refractivity contribution < 1.29 is 9.18 Å². The zero-order valence-electron chi connectivity index (χ0n) is 32.5. The maximum Gasteiger partial charge on any atom is 0.150 e. The number of carbonyl (C=O) groups is 1. The predicted octanol–water partition coefficient (Wildman–Crippen LogP) is 11.6. The molecule has 0 saturated carbocycles. The first-order valence-electron chi connectivity index (χ1n) is 18.8. The lowest BCUT2D eigenvalue weighted by atomic mass is 9.77. The first-order valence-corrected chi connectivity index (χ1v) is 18.8. The van der Waals surface area contributed by atoms with Crippen LogP contribution in [0.3, 0.4) is 0 Å². The molecule has 3 aromatic carbocycles. The van der Waals surface area contributed by atoms with Gasteiger partial charge in [-0.2, -0.15) is 0 Å². The number of allylic oxidation sites excluding steroid dienone is 3. The van der Waals surface area contributed by atoms with E-state index in [1.165, 1.54) is 93.4 Å². The number of likely N-dealkylation sites (tertiary alicyclic amines) is 1. The molecule has 4 nitrogen and oxygen atoms in total. The molecule has 2 aliphatic rings. The highest BCUT2D eigenvalue weighted by Crippen LogP contribution is 2.43. The standard InChI is InChI=1S/C18H24.C16H14FNO.C7H16N2.2C2H6/c1-4-11-18(12-10-16(5-2)13-18)14-17-9-7-6-8-15(17)3;1-11-3-6-14(17)9-16(11)12(2)18-15-7-4-13(10-19)5-8-15;1-8-4-7-9-5-2-3-6-9;2*1-2/h5-9,13H,2,4,10-12,14H2,1,3H3;3-10,18H,2H2,1H3;8H,2-7H2,1H3;2*1-2H3. The van der Waals surface area contributed by atoms with Crippen molar-refractivity contribution in [2.45, 2.75) is 93.4 Å². The van der Waals surface area contributed by atoms with E-state index in [0.717, 1.165) is 29.6 Å². The average Bonchev–Trinajstić information content (AvgIpc) is 3.82. The number of nitrogens with zero attached hydrogens (tertiary/aromatic N) is 1. The van der Waals surface area contributed by atoms with E-state index in [1.54, 1.807) is 30.3 Å². The van der Waals surface area contributed by atoms with Gasteiger partial charge in [-0.3, -0.25) is 4.79 Å². The van der Waals surface area contributed by atoms with Crippen LogP contribution in [-0.2, 0) is 6.42 Å². The smallest absolute Gasteiger partial charge is 0.150 e. The molecular weight excluding hydrogens is 618 g/mol. The van der Waals surface area contributed by atoms with Gasteiger partial charge in [0.2, 0.25) is 0 Å². The van der Waals surface area contributed by atoms with Crippen molar-refractivity contribution in [2.75, 3.05) is 38.5 Å². The van der Waals surface area contributed by atoms with Gasteiger partial charge in [0.1, 0.15) is 12.1 Å². The Morgan fingerprint density at radius 1 is 0.960 bits per heavy atom. The Balaban J connectivity index is 0.000000375. The van der Waals surface area contributed by atoms with Crippen LogP contribution in [0, 0.1) is 25.1 Å². The number of likely N-dealkylation sites (N-methyl/N-ethyl adjacent to an activating group) is 1. The number of hydrogen-bond acceptors (Lipinski definition) is 4. The van der Waals surface area contributed by atoms with Crippen LogP contribution in [0.25, 0.3) is 5.70 Å². The van der Waals surface area contributed by atoms with Gasteiger partial charge in [0, 0.05) is 35.6 Å². The van der Waals surface area contributed by atoms with Crippen LogP contribution >= 0.6 is 0 Å². The van der Waals surface area contributed by atoms with Crippen molar-refractivity contribution in [2.24, 2.45) is 5.41 Å². The van der Waals surface area contributed by atoms with Gasteiger partial charge in [-0.05, 0) is 131 Å². The third-order valence-electron chi connectivity index (χ3n) is 8.96. The number of nitrogens with one attached hydrogen (secondary N) is 2. The summed E-state index contributed by atoms with van der Waals surface area (Å²) in [4.78, 5) is 13.1. The van der Waals surface area contributed by atoms with E-state index in [1.807, 2.05) is 47.7 Å². The average molecular weight is 684 g/mol. The summed E-state index contributed by atoms with van der Waals surface area (Å²) in [6, 6.07) is 20.4.